The van der Waals surface area contributed by atoms with Gasteiger partial charge in [-0.15, -0.1) is 34.9 Å². The average molecular weight is 651 g/mol. The molecule has 2 aliphatic carbocycles. The molecule has 0 aliphatic heterocycles. The first-order chi connectivity index (χ1) is 16.1. The minimum atomic E-state index is -0.302. The number of nitrogens with zero attached hydrogens (tertiary/aromatic N) is 1. The Hall–Kier alpha value is -1.58. The Morgan fingerprint density at radius 2 is 1.74 bits per heavy atom. The number of benzene rings is 2. The van der Waals surface area contributed by atoms with Crippen molar-refractivity contribution >= 4 is 10.8 Å². The van der Waals surface area contributed by atoms with Crippen molar-refractivity contribution in [2.24, 2.45) is 17.3 Å². The molecule has 2 aliphatic rings. The first-order valence-electron chi connectivity index (χ1n) is 12.8. The van der Waals surface area contributed by atoms with Crippen LogP contribution in [0.2, 0.25) is 0 Å². The molecule has 4 heteroatoms. The number of aromatic nitrogens is 1. The number of aliphatic hydroxyl groups is 2. The summed E-state index contributed by atoms with van der Waals surface area (Å²) in [6, 6.07) is 16.5. The summed E-state index contributed by atoms with van der Waals surface area (Å²) < 4.78 is 0. The Morgan fingerprint density at radius 3 is 2.43 bits per heavy atom. The third-order valence-electron chi connectivity index (χ3n) is 8.00. The van der Waals surface area contributed by atoms with Gasteiger partial charge in [0.25, 0.3) is 0 Å². The van der Waals surface area contributed by atoms with E-state index in [1.807, 2.05) is 6.20 Å². The number of hydrogen-bond donors (Lipinski definition) is 2. The molecular formula is C31H40IrNO2-. The second-order valence-corrected chi connectivity index (χ2v) is 11.5. The molecule has 1 aromatic heterocycles. The van der Waals surface area contributed by atoms with Gasteiger partial charge in [0.15, 0.2) is 0 Å². The van der Waals surface area contributed by atoms with Crippen molar-refractivity contribution in [3.63, 3.8) is 0 Å². The van der Waals surface area contributed by atoms with E-state index in [1.54, 1.807) is 0 Å². The van der Waals surface area contributed by atoms with Crippen molar-refractivity contribution in [2.75, 3.05) is 0 Å². The Kier molecular flexibility index (Phi) is 8.97. The molecular weight excluding hydrogens is 611 g/mol. The molecule has 2 aromatic carbocycles. The topological polar surface area (TPSA) is 53.4 Å². The van der Waals surface area contributed by atoms with E-state index in [1.165, 1.54) is 28.3 Å². The summed E-state index contributed by atoms with van der Waals surface area (Å²) in [7, 11) is 0. The zero-order valence-corrected chi connectivity index (χ0v) is 24.3. The van der Waals surface area contributed by atoms with E-state index in [0.717, 1.165) is 36.1 Å². The quantitative estimate of drug-likeness (QED) is 0.294. The molecule has 2 saturated carbocycles. The third kappa shape index (κ3) is 6.05. The van der Waals surface area contributed by atoms with Crippen LogP contribution in [0, 0.1) is 37.2 Å². The molecule has 5 rings (SSSR count). The van der Waals surface area contributed by atoms with Crippen LogP contribution in [0.25, 0.3) is 22.0 Å². The van der Waals surface area contributed by atoms with Gasteiger partial charge in [-0.2, -0.15) is 0 Å². The van der Waals surface area contributed by atoms with Gasteiger partial charge < -0.3 is 15.2 Å². The third-order valence-corrected chi connectivity index (χ3v) is 8.00. The predicted octanol–water partition coefficient (Wildman–Crippen LogP) is 6.99. The van der Waals surface area contributed by atoms with Gasteiger partial charge in [0.05, 0.1) is 12.2 Å². The molecule has 2 N–H and O–H groups in total. The normalized spacial score (nSPS) is 24.9. The maximum absolute atomic E-state index is 10.1. The van der Waals surface area contributed by atoms with Crippen molar-refractivity contribution in [3.8, 4) is 11.3 Å². The monoisotopic (exact) mass is 651 g/mol. The number of hydrogen-bond acceptors (Lipinski definition) is 3. The van der Waals surface area contributed by atoms with E-state index < -0.39 is 0 Å². The fourth-order valence-electron chi connectivity index (χ4n) is 5.91. The largest absolute Gasteiger partial charge is 0.393 e. The molecule has 2 fully saturated rings. The Balaban J connectivity index is 0.000000211. The summed E-state index contributed by atoms with van der Waals surface area (Å²) in [5.74, 6) is 1.28. The Morgan fingerprint density at radius 1 is 1.00 bits per heavy atom. The number of rotatable bonds is 2. The first kappa shape index (κ1) is 28.0. The SMILES string of the molecule is CC1(C)CCC2CCC(O)C2C1O.Cc1[c-]c(-c2nccc3cc(C(C)C)ccc23)cc(C)c1.[Ir]. The molecule has 35 heavy (non-hydrogen) atoms. The van der Waals surface area contributed by atoms with E-state index in [0.29, 0.717) is 11.8 Å². The fourth-order valence-corrected chi connectivity index (χ4v) is 5.91. The second-order valence-electron chi connectivity index (χ2n) is 11.5. The van der Waals surface area contributed by atoms with Crippen LogP contribution in [0.5, 0.6) is 0 Å². The van der Waals surface area contributed by atoms with Gasteiger partial charge in [-0.1, -0.05) is 59.7 Å². The van der Waals surface area contributed by atoms with E-state index in [-0.39, 0.29) is 43.6 Å². The van der Waals surface area contributed by atoms with Crippen LogP contribution in [0.4, 0.5) is 0 Å². The van der Waals surface area contributed by atoms with Crippen molar-refractivity contribution < 1.29 is 30.3 Å². The van der Waals surface area contributed by atoms with Gasteiger partial charge in [-0.25, -0.2) is 0 Å². The number of fused-ring (bicyclic) bond motifs is 2. The molecule has 0 amide bonds. The molecule has 3 nitrogen and oxygen atoms in total. The minimum absolute atomic E-state index is 0. The van der Waals surface area contributed by atoms with Crippen LogP contribution in [-0.4, -0.2) is 27.4 Å². The predicted molar refractivity (Wildman–Crippen MR) is 141 cm³/mol. The summed E-state index contributed by atoms with van der Waals surface area (Å²) >= 11 is 0. The van der Waals surface area contributed by atoms with Crippen LogP contribution in [0.3, 0.4) is 0 Å². The summed E-state index contributed by atoms with van der Waals surface area (Å²) in [5, 5.41) is 22.3. The van der Waals surface area contributed by atoms with Crippen molar-refractivity contribution in [2.45, 2.75) is 85.4 Å². The number of aryl methyl sites for hydroxylation is 2. The Bertz CT molecular complexity index is 1140. The minimum Gasteiger partial charge on any atom is -0.393 e. The van der Waals surface area contributed by atoms with E-state index >= 15 is 0 Å². The molecule has 0 spiro atoms. The summed E-state index contributed by atoms with van der Waals surface area (Å²) in [6.07, 6.45) is 5.63. The fraction of sp³-hybridized carbons (Fsp3) is 0.516. The van der Waals surface area contributed by atoms with E-state index in [2.05, 4.69) is 89.0 Å². The molecule has 191 valence electrons. The number of aliphatic hydroxyl groups excluding tert-OH is 2. The zero-order chi connectivity index (χ0) is 24.6. The molecule has 0 bridgehead atoms. The van der Waals surface area contributed by atoms with Crippen molar-refractivity contribution in [3.05, 3.63) is 65.4 Å². The van der Waals surface area contributed by atoms with E-state index in [4.69, 9.17) is 0 Å². The maximum Gasteiger partial charge on any atom is 0.0646 e. The van der Waals surface area contributed by atoms with Crippen LogP contribution in [-0.2, 0) is 20.1 Å². The molecule has 4 atom stereocenters. The molecule has 0 saturated heterocycles. The molecule has 1 heterocycles. The van der Waals surface area contributed by atoms with Crippen LogP contribution in [0.15, 0.2) is 42.6 Å². The number of pyridine rings is 1. The Labute approximate surface area is 224 Å². The summed E-state index contributed by atoms with van der Waals surface area (Å²) in [5.41, 5.74) is 5.88. The van der Waals surface area contributed by atoms with Crippen LogP contribution >= 0.6 is 0 Å². The van der Waals surface area contributed by atoms with Gasteiger partial charge in [0.2, 0.25) is 0 Å². The second kappa shape index (κ2) is 11.2. The first-order valence-corrected chi connectivity index (χ1v) is 12.8. The summed E-state index contributed by atoms with van der Waals surface area (Å²) in [4.78, 5) is 4.60. The van der Waals surface area contributed by atoms with Crippen molar-refractivity contribution in [1.82, 2.24) is 4.98 Å². The van der Waals surface area contributed by atoms with Gasteiger partial charge in [0, 0.05) is 32.2 Å². The van der Waals surface area contributed by atoms with Gasteiger partial charge in [-0.3, -0.25) is 0 Å². The van der Waals surface area contributed by atoms with Crippen LogP contribution < -0.4 is 0 Å². The zero-order valence-electron chi connectivity index (χ0n) is 21.9. The van der Waals surface area contributed by atoms with Gasteiger partial charge in [-0.05, 0) is 71.0 Å². The van der Waals surface area contributed by atoms with Crippen LogP contribution in [0.1, 0.15) is 76.0 Å². The van der Waals surface area contributed by atoms with E-state index in [9.17, 15) is 10.2 Å². The van der Waals surface area contributed by atoms with Crippen molar-refractivity contribution in [1.29, 1.82) is 0 Å². The smallest absolute Gasteiger partial charge is 0.0646 e. The summed E-state index contributed by atoms with van der Waals surface area (Å²) in [6.45, 7) is 12.9. The van der Waals surface area contributed by atoms with Gasteiger partial charge >= 0.3 is 0 Å². The molecule has 1 radical (unpaired) electrons. The average Bonchev–Trinajstić information content (AvgIpc) is 3.16. The molecule has 4 unspecified atom stereocenters. The van der Waals surface area contributed by atoms with Gasteiger partial charge in [0.1, 0.15) is 0 Å². The standard InChI is InChI=1S/C20H20N.C11H20O2.Ir/c1-13(2)16-5-6-19-17(12-16)7-8-21-20(19)18-10-14(3)9-15(4)11-18;1-11(2)6-5-7-3-4-8(12)9(7)10(11)13;/h5-10,12-13H,1-4H3;7-10,12-13H,3-6H2,1-2H3;/q-1;;. The molecule has 3 aromatic rings. The maximum atomic E-state index is 10.1.